The Morgan fingerprint density at radius 1 is 1.47 bits per heavy atom. The van der Waals surface area contributed by atoms with Crippen LogP contribution in [-0.2, 0) is 0 Å². The highest BCUT2D eigenvalue weighted by molar-refractivity contribution is 7.78. The average Bonchev–Trinajstić information content (AvgIpc) is 2.38. The predicted molar refractivity (Wildman–Crippen MR) is 74.1 cm³/mol. The number of nitro groups is 1. The summed E-state index contributed by atoms with van der Waals surface area (Å²) in [5.41, 5.74) is -0.478. The molecule has 0 aliphatic carbocycles. The van der Waals surface area contributed by atoms with Crippen molar-refractivity contribution in [3.05, 3.63) is 34.4 Å². The standard InChI is InChI=1S/C11H15N3O4S/c1-11(2,7-15)13(19)10(16)12-8-3-5-9(6-4-8)14(17)18/h3-6,15,19H,7H2,1-2H3,(H,12,16). The van der Waals surface area contributed by atoms with E-state index in [1.165, 1.54) is 24.3 Å². The first-order valence-electron chi connectivity index (χ1n) is 5.43. The van der Waals surface area contributed by atoms with Gasteiger partial charge < -0.3 is 10.4 Å². The molecule has 7 nitrogen and oxygen atoms in total. The van der Waals surface area contributed by atoms with Crippen LogP contribution in [0.5, 0.6) is 0 Å². The lowest BCUT2D eigenvalue weighted by Gasteiger charge is -2.32. The number of rotatable bonds is 4. The van der Waals surface area contributed by atoms with Crippen LogP contribution in [0.2, 0.25) is 0 Å². The minimum Gasteiger partial charge on any atom is -0.394 e. The van der Waals surface area contributed by atoms with Crippen molar-refractivity contribution in [2.24, 2.45) is 0 Å². The maximum absolute atomic E-state index is 11.8. The number of thiol groups is 1. The summed E-state index contributed by atoms with van der Waals surface area (Å²) >= 11 is 4.02. The zero-order valence-electron chi connectivity index (χ0n) is 10.5. The van der Waals surface area contributed by atoms with Gasteiger partial charge >= 0.3 is 6.03 Å². The minimum absolute atomic E-state index is 0.0589. The van der Waals surface area contributed by atoms with Crippen LogP contribution in [0.25, 0.3) is 0 Å². The second-order valence-electron chi connectivity index (χ2n) is 4.52. The Morgan fingerprint density at radius 3 is 2.42 bits per heavy atom. The van der Waals surface area contributed by atoms with E-state index in [1.54, 1.807) is 13.8 Å². The van der Waals surface area contributed by atoms with Gasteiger partial charge in [0.05, 0.1) is 17.1 Å². The van der Waals surface area contributed by atoms with E-state index < -0.39 is 16.5 Å². The molecular weight excluding hydrogens is 270 g/mol. The fourth-order valence-electron chi connectivity index (χ4n) is 1.18. The van der Waals surface area contributed by atoms with E-state index in [1.807, 2.05) is 0 Å². The summed E-state index contributed by atoms with van der Waals surface area (Å²) in [5.74, 6) is 0. The normalized spacial score (nSPS) is 10.9. The Labute approximate surface area is 115 Å². The molecule has 0 heterocycles. The quantitative estimate of drug-likeness (QED) is 0.448. The maximum atomic E-state index is 11.8. The summed E-state index contributed by atoms with van der Waals surface area (Å²) in [4.78, 5) is 21.8. The summed E-state index contributed by atoms with van der Waals surface area (Å²) in [5, 5.41) is 22.1. The van der Waals surface area contributed by atoms with E-state index in [4.69, 9.17) is 5.11 Å². The molecule has 19 heavy (non-hydrogen) atoms. The Morgan fingerprint density at radius 2 is 2.00 bits per heavy atom. The average molecular weight is 285 g/mol. The molecule has 0 aliphatic heterocycles. The molecule has 1 aromatic rings. The van der Waals surface area contributed by atoms with Crippen LogP contribution in [0.1, 0.15) is 13.8 Å². The van der Waals surface area contributed by atoms with Gasteiger partial charge in [0.15, 0.2) is 0 Å². The first-order chi connectivity index (χ1) is 8.77. The van der Waals surface area contributed by atoms with Gasteiger partial charge in [0.25, 0.3) is 5.69 Å². The number of aliphatic hydroxyl groups is 1. The number of nitro benzene ring substituents is 1. The second kappa shape index (κ2) is 5.89. The topological polar surface area (TPSA) is 95.7 Å². The van der Waals surface area contributed by atoms with Crippen LogP contribution in [0.4, 0.5) is 16.2 Å². The Balaban J connectivity index is 2.74. The molecule has 1 rings (SSSR count). The number of benzene rings is 1. The predicted octanol–water partition coefficient (Wildman–Crippen LogP) is 2.04. The molecule has 2 N–H and O–H groups in total. The fraction of sp³-hybridized carbons (Fsp3) is 0.364. The van der Waals surface area contributed by atoms with Gasteiger partial charge in [-0.25, -0.2) is 4.79 Å². The number of hydrogen-bond donors (Lipinski definition) is 3. The van der Waals surface area contributed by atoms with Gasteiger partial charge in [-0.05, 0) is 26.0 Å². The third-order valence-corrected chi connectivity index (χ3v) is 3.21. The summed E-state index contributed by atoms with van der Waals surface area (Å²) < 4.78 is 1.06. The van der Waals surface area contributed by atoms with Crippen molar-refractivity contribution in [1.29, 1.82) is 0 Å². The number of anilines is 1. The van der Waals surface area contributed by atoms with Crippen molar-refractivity contribution in [3.8, 4) is 0 Å². The molecule has 0 saturated carbocycles. The number of nitrogens with zero attached hydrogens (tertiary/aromatic N) is 2. The molecule has 1 aromatic carbocycles. The van der Waals surface area contributed by atoms with E-state index in [0.717, 1.165) is 4.31 Å². The second-order valence-corrected chi connectivity index (χ2v) is 4.92. The van der Waals surface area contributed by atoms with Crippen molar-refractivity contribution in [3.63, 3.8) is 0 Å². The summed E-state index contributed by atoms with van der Waals surface area (Å²) in [7, 11) is 0. The third-order valence-electron chi connectivity index (χ3n) is 2.48. The molecule has 0 spiro atoms. The van der Waals surface area contributed by atoms with Crippen molar-refractivity contribution < 1.29 is 14.8 Å². The Bertz CT molecular complexity index is 475. The van der Waals surface area contributed by atoms with Crippen molar-refractivity contribution in [2.75, 3.05) is 11.9 Å². The van der Waals surface area contributed by atoms with Gasteiger partial charge in [-0.2, -0.15) is 0 Å². The molecule has 0 atom stereocenters. The van der Waals surface area contributed by atoms with Crippen LogP contribution in [0, 0.1) is 10.1 Å². The molecule has 2 amide bonds. The van der Waals surface area contributed by atoms with Crippen LogP contribution in [0.15, 0.2) is 24.3 Å². The van der Waals surface area contributed by atoms with Crippen LogP contribution < -0.4 is 5.32 Å². The molecule has 0 bridgehead atoms. The number of hydrogen-bond acceptors (Lipinski definition) is 5. The molecule has 8 heteroatoms. The molecule has 0 unspecified atom stereocenters. The number of non-ortho nitro benzene ring substituents is 1. The van der Waals surface area contributed by atoms with Gasteiger partial charge in [0.2, 0.25) is 0 Å². The third kappa shape index (κ3) is 3.83. The number of aliphatic hydroxyl groups excluding tert-OH is 1. The maximum Gasteiger partial charge on any atom is 0.332 e. The molecule has 0 fully saturated rings. The molecule has 104 valence electrons. The molecule has 0 radical (unpaired) electrons. The first-order valence-corrected chi connectivity index (χ1v) is 5.83. The van der Waals surface area contributed by atoms with Gasteiger partial charge in [-0.15, -0.1) is 0 Å². The Kier molecular flexibility index (Phi) is 4.73. The largest absolute Gasteiger partial charge is 0.394 e. The van der Waals surface area contributed by atoms with Crippen LogP contribution in [-0.4, -0.2) is 32.5 Å². The Hall–Kier alpha value is -1.80. The van der Waals surface area contributed by atoms with E-state index in [9.17, 15) is 14.9 Å². The zero-order valence-corrected chi connectivity index (χ0v) is 11.4. The zero-order chi connectivity index (χ0) is 14.6. The van der Waals surface area contributed by atoms with Crippen LogP contribution >= 0.6 is 12.8 Å². The minimum atomic E-state index is -0.825. The number of nitrogens with one attached hydrogen (secondary N) is 1. The first kappa shape index (κ1) is 15.3. The van der Waals surface area contributed by atoms with Gasteiger partial charge in [-0.1, -0.05) is 12.8 Å². The van der Waals surface area contributed by atoms with E-state index >= 15 is 0 Å². The lowest BCUT2D eigenvalue weighted by atomic mass is 10.1. The fourth-order valence-corrected chi connectivity index (χ4v) is 1.30. The van der Waals surface area contributed by atoms with Crippen molar-refractivity contribution in [1.82, 2.24) is 4.31 Å². The number of carbonyl (C=O) groups excluding carboxylic acids is 1. The van der Waals surface area contributed by atoms with Crippen molar-refractivity contribution in [2.45, 2.75) is 19.4 Å². The molecule has 0 saturated heterocycles. The lowest BCUT2D eigenvalue weighted by molar-refractivity contribution is -0.384. The number of amides is 2. The monoisotopic (exact) mass is 285 g/mol. The SMILES string of the molecule is CC(C)(CO)N(S)C(=O)Nc1ccc([N+](=O)[O-])cc1. The number of urea groups is 1. The van der Waals surface area contributed by atoms with E-state index in [2.05, 4.69) is 18.1 Å². The lowest BCUT2D eigenvalue weighted by Crippen LogP contribution is -2.46. The summed E-state index contributed by atoms with van der Waals surface area (Å²) in [6.07, 6.45) is 0. The van der Waals surface area contributed by atoms with Crippen molar-refractivity contribution >= 4 is 30.2 Å². The highest BCUT2D eigenvalue weighted by atomic mass is 32.1. The number of carbonyl (C=O) groups is 1. The van der Waals surface area contributed by atoms with Crippen LogP contribution in [0.3, 0.4) is 0 Å². The summed E-state index contributed by atoms with van der Waals surface area (Å²) in [6, 6.07) is 4.88. The highest BCUT2D eigenvalue weighted by Crippen LogP contribution is 2.20. The van der Waals surface area contributed by atoms with Gasteiger partial charge in [0, 0.05) is 17.8 Å². The molecular formula is C11H15N3O4S. The summed E-state index contributed by atoms with van der Waals surface area (Å²) in [6.45, 7) is 3.05. The van der Waals surface area contributed by atoms with E-state index in [0.29, 0.717) is 5.69 Å². The molecule has 0 aliphatic rings. The van der Waals surface area contributed by atoms with Gasteiger partial charge in [0.1, 0.15) is 0 Å². The smallest absolute Gasteiger partial charge is 0.332 e. The van der Waals surface area contributed by atoms with Gasteiger partial charge in [-0.3, -0.25) is 14.4 Å². The van der Waals surface area contributed by atoms with E-state index in [-0.39, 0.29) is 12.3 Å². The highest BCUT2D eigenvalue weighted by Gasteiger charge is 2.28. The molecule has 0 aromatic heterocycles.